The summed E-state index contributed by atoms with van der Waals surface area (Å²) in [5.41, 5.74) is 7.33. The molecule has 4 aromatic rings. The Hall–Kier alpha value is -4.11. The fraction of sp³-hybridized carbons (Fsp3) is 0.250. The minimum absolute atomic E-state index is 0.0469. The van der Waals surface area contributed by atoms with Gasteiger partial charge in [-0.15, -0.1) is 0 Å². The number of hydrogen-bond donors (Lipinski definition) is 1. The molecule has 0 spiro atoms. The van der Waals surface area contributed by atoms with Crippen LogP contribution in [0.4, 0.5) is 0 Å². The van der Waals surface area contributed by atoms with Gasteiger partial charge in [-0.25, -0.2) is 0 Å². The van der Waals surface area contributed by atoms with Crippen LogP contribution >= 0.6 is 0 Å². The van der Waals surface area contributed by atoms with Crippen molar-refractivity contribution in [2.45, 2.75) is 53.0 Å². The highest BCUT2D eigenvalue weighted by Gasteiger charge is 2.39. The second-order valence-corrected chi connectivity index (χ2v) is 11.5. The number of aliphatic hydroxyl groups excluding tert-OH is 1. The van der Waals surface area contributed by atoms with Crippen LogP contribution in [-0.2, 0) is 16.8 Å². The highest BCUT2D eigenvalue weighted by molar-refractivity contribution is 6.41. The lowest BCUT2D eigenvalue weighted by Crippen LogP contribution is -2.25. The van der Waals surface area contributed by atoms with Crippen LogP contribution in [0.15, 0.2) is 108 Å². The number of nitrogens with zero attached hydrogens (tertiary/aromatic N) is 1. The van der Waals surface area contributed by atoms with Gasteiger partial charge < -0.3 is 9.67 Å². The average Bonchev–Trinajstić information content (AvgIpc) is 3.24. The molecule has 1 aromatic heterocycles. The molecule has 0 saturated carbocycles. The number of para-hydroxylation sites is 1. The minimum atomic E-state index is -0.392. The maximum atomic E-state index is 13.8. The summed E-state index contributed by atoms with van der Waals surface area (Å²) in [6, 6.07) is 26.6. The topological polar surface area (TPSA) is 42.2 Å². The van der Waals surface area contributed by atoms with Crippen molar-refractivity contribution in [1.82, 2.24) is 4.57 Å². The number of ketones is 1. The van der Waals surface area contributed by atoms with Crippen LogP contribution < -0.4 is 0 Å². The molecule has 1 N–H and O–H groups in total. The van der Waals surface area contributed by atoms with E-state index in [0.717, 1.165) is 51.8 Å². The largest absolute Gasteiger partial charge is 0.506 e. The highest BCUT2D eigenvalue weighted by Crippen LogP contribution is 2.46. The van der Waals surface area contributed by atoms with Gasteiger partial charge in [0.2, 0.25) is 5.78 Å². The van der Waals surface area contributed by atoms with E-state index in [9.17, 15) is 9.90 Å². The Balaban J connectivity index is 1.66. The first-order valence-corrected chi connectivity index (χ1v) is 13.8. The van der Waals surface area contributed by atoms with Gasteiger partial charge in [0.05, 0.1) is 16.8 Å². The van der Waals surface area contributed by atoms with Crippen LogP contribution in [0, 0.1) is 12.8 Å². The number of benzene rings is 3. The quantitative estimate of drug-likeness (QED) is 0.238. The van der Waals surface area contributed by atoms with Gasteiger partial charge in [0, 0.05) is 28.4 Å². The van der Waals surface area contributed by atoms with Gasteiger partial charge in [0.25, 0.3) is 0 Å². The zero-order chi connectivity index (χ0) is 27.9. The third kappa shape index (κ3) is 4.57. The third-order valence-electron chi connectivity index (χ3n) is 8.10. The normalized spacial score (nSPS) is 14.9. The summed E-state index contributed by atoms with van der Waals surface area (Å²) >= 11 is 0. The Morgan fingerprint density at radius 3 is 2.28 bits per heavy atom. The standard InChI is InChI=1S/C36H37NO2/c1-23(2)20-21-37-30-19-13-11-17-27(30)31(33(37)26-15-8-7-9-16-26)32-34(38)28(35(32)39)22-25(4)36(5,6)29-18-12-10-14-24(29)3/h7-19,22-23,38H,4,20-21H2,1-3,5-6H3/b28-22+. The first-order chi connectivity index (χ1) is 18.6. The van der Waals surface area contributed by atoms with Gasteiger partial charge in [-0.3, -0.25) is 4.79 Å². The van der Waals surface area contributed by atoms with Gasteiger partial charge in [-0.05, 0) is 53.7 Å². The molecule has 0 atom stereocenters. The number of Topliss-reactive ketones (excluding diaryl/α,β-unsaturated/α-hetero) is 1. The van der Waals surface area contributed by atoms with Crippen LogP contribution in [0.5, 0.6) is 0 Å². The smallest absolute Gasteiger partial charge is 0.201 e. The summed E-state index contributed by atoms with van der Waals surface area (Å²) < 4.78 is 2.31. The molecule has 0 fully saturated rings. The monoisotopic (exact) mass is 515 g/mol. The molecule has 5 rings (SSSR count). The first kappa shape index (κ1) is 26.5. The van der Waals surface area contributed by atoms with E-state index in [-0.39, 0.29) is 11.5 Å². The molecule has 0 unspecified atom stereocenters. The molecule has 39 heavy (non-hydrogen) atoms. The number of allylic oxidation sites excluding steroid dienone is 4. The number of aliphatic hydroxyl groups is 1. The molecule has 0 amide bonds. The summed E-state index contributed by atoms with van der Waals surface area (Å²) in [7, 11) is 0. The Kier molecular flexibility index (Phi) is 6.94. The van der Waals surface area contributed by atoms with Crippen LogP contribution in [-0.4, -0.2) is 15.5 Å². The van der Waals surface area contributed by atoms with Crippen LogP contribution in [0.2, 0.25) is 0 Å². The molecule has 198 valence electrons. The SMILES string of the molecule is C=C(/C=C1/C(=O)C(c2c(-c3ccccc3)n(CCC(C)C)c3ccccc23)=C1O)C(C)(C)c1ccccc1C. The van der Waals surface area contributed by atoms with Gasteiger partial charge in [-0.2, -0.15) is 0 Å². The van der Waals surface area contributed by atoms with E-state index >= 15 is 0 Å². The predicted octanol–water partition coefficient (Wildman–Crippen LogP) is 8.98. The lowest BCUT2D eigenvalue weighted by atomic mass is 9.73. The van der Waals surface area contributed by atoms with E-state index in [1.54, 1.807) is 6.08 Å². The van der Waals surface area contributed by atoms with Gasteiger partial charge in [0.1, 0.15) is 5.76 Å². The zero-order valence-corrected chi connectivity index (χ0v) is 23.6. The molecule has 0 radical (unpaired) electrons. The van der Waals surface area contributed by atoms with Crippen molar-refractivity contribution in [3.63, 3.8) is 0 Å². The predicted molar refractivity (Wildman–Crippen MR) is 163 cm³/mol. The number of rotatable bonds is 8. The molecule has 0 aliphatic heterocycles. The van der Waals surface area contributed by atoms with E-state index in [0.29, 0.717) is 17.1 Å². The number of carbonyl (C=O) groups excluding carboxylic acids is 1. The molecule has 0 bridgehead atoms. The number of aryl methyl sites for hydroxylation is 2. The van der Waals surface area contributed by atoms with Crippen molar-refractivity contribution in [2.75, 3.05) is 0 Å². The second-order valence-electron chi connectivity index (χ2n) is 11.5. The molecular weight excluding hydrogens is 478 g/mol. The summed E-state index contributed by atoms with van der Waals surface area (Å²) in [6.45, 7) is 15.9. The fourth-order valence-electron chi connectivity index (χ4n) is 5.66. The van der Waals surface area contributed by atoms with Gasteiger partial charge in [0.15, 0.2) is 0 Å². The van der Waals surface area contributed by atoms with Crippen molar-refractivity contribution in [3.05, 3.63) is 125 Å². The molecule has 3 nitrogen and oxygen atoms in total. The highest BCUT2D eigenvalue weighted by atomic mass is 16.3. The Morgan fingerprint density at radius 1 is 0.974 bits per heavy atom. The maximum Gasteiger partial charge on any atom is 0.201 e. The Bertz CT molecular complexity index is 1640. The zero-order valence-electron chi connectivity index (χ0n) is 23.6. The van der Waals surface area contributed by atoms with Crippen molar-refractivity contribution in [3.8, 4) is 11.3 Å². The lowest BCUT2D eigenvalue weighted by molar-refractivity contribution is -0.111. The fourth-order valence-corrected chi connectivity index (χ4v) is 5.66. The van der Waals surface area contributed by atoms with Crippen LogP contribution in [0.25, 0.3) is 27.7 Å². The Morgan fingerprint density at radius 2 is 1.62 bits per heavy atom. The van der Waals surface area contributed by atoms with E-state index < -0.39 is 5.41 Å². The van der Waals surface area contributed by atoms with E-state index in [1.807, 2.05) is 42.5 Å². The Labute approximate surface area is 231 Å². The van der Waals surface area contributed by atoms with Crippen LogP contribution in [0.1, 0.15) is 50.8 Å². The number of hydrogen-bond acceptors (Lipinski definition) is 2. The van der Waals surface area contributed by atoms with E-state index in [1.165, 1.54) is 5.56 Å². The molecule has 1 heterocycles. The molecule has 1 aliphatic rings. The number of fused-ring (bicyclic) bond motifs is 1. The molecule has 1 aliphatic carbocycles. The summed E-state index contributed by atoms with van der Waals surface area (Å²) in [5, 5.41) is 12.4. The van der Waals surface area contributed by atoms with Crippen molar-refractivity contribution in [2.24, 2.45) is 5.92 Å². The van der Waals surface area contributed by atoms with Gasteiger partial charge in [-0.1, -0.05) is 107 Å². The summed E-state index contributed by atoms with van der Waals surface area (Å²) in [4.78, 5) is 13.8. The molecule has 0 saturated heterocycles. The van der Waals surface area contributed by atoms with Crippen molar-refractivity contribution < 1.29 is 9.90 Å². The molecule has 3 aromatic carbocycles. The van der Waals surface area contributed by atoms with Crippen molar-refractivity contribution >= 4 is 22.3 Å². The third-order valence-corrected chi connectivity index (χ3v) is 8.10. The van der Waals surface area contributed by atoms with Gasteiger partial charge >= 0.3 is 0 Å². The average molecular weight is 516 g/mol. The summed E-state index contributed by atoms with van der Waals surface area (Å²) in [6.07, 6.45) is 2.78. The van der Waals surface area contributed by atoms with Crippen LogP contribution in [0.3, 0.4) is 0 Å². The molecule has 3 heteroatoms. The first-order valence-electron chi connectivity index (χ1n) is 13.8. The molecular formula is C36H37NO2. The summed E-state index contributed by atoms with van der Waals surface area (Å²) in [5.74, 6) is 0.442. The maximum absolute atomic E-state index is 13.8. The minimum Gasteiger partial charge on any atom is -0.506 e. The lowest BCUT2D eigenvalue weighted by Gasteiger charge is -2.30. The number of carbonyl (C=O) groups is 1. The van der Waals surface area contributed by atoms with E-state index in [4.69, 9.17) is 0 Å². The van der Waals surface area contributed by atoms with Crippen molar-refractivity contribution in [1.29, 1.82) is 0 Å². The van der Waals surface area contributed by atoms with E-state index in [2.05, 4.69) is 82.2 Å². The number of aromatic nitrogens is 1. The second kappa shape index (κ2) is 10.2.